The fraction of sp³-hybridized carbons (Fsp3) is 0.417. The summed E-state index contributed by atoms with van der Waals surface area (Å²) in [5, 5.41) is 0. The summed E-state index contributed by atoms with van der Waals surface area (Å²) < 4.78 is 62.8. The molecule has 4 heterocycles. The predicted molar refractivity (Wildman–Crippen MR) is 119 cm³/mol. The summed E-state index contributed by atoms with van der Waals surface area (Å²) in [5.41, 5.74) is 2.97. The van der Waals surface area contributed by atoms with Gasteiger partial charge in [0.25, 0.3) is 5.91 Å². The second kappa shape index (κ2) is 9.38. The number of hydrogen-bond acceptors (Lipinski definition) is 6. The van der Waals surface area contributed by atoms with Gasteiger partial charge in [0, 0.05) is 24.4 Å². The van der Waals surface area contributed by atoms with Crippen LogP contribution in [0.1, 0.15) is 15.9 Å². The first kappa shape index (κ1) is 23.4. The van der Waals surface area contributed by atoms with Crippen molar-refractivity contribution in [3.05, 3.63) is 47.8 Å². The molecule has 0 radical (unpaired) electrons. The second-order valence-corrected chi connectivity index (χ2v) is 8.42. The molecule has 1 amide bonds. The third-order valence-electron chi connectivity index (χ3n) is 6.03. The van der Waals surface area contributed by atoms with Crippen molar-refractivity contribution in [3.63, 3.8) is 0 Å². The monoisotopic (exact) mass is 491 g/mol. The van der Waals surface area contributed by atoms with Gasteiger partial charge >= 0.3 is 6.18 Å². The molecule has 8 nitrogen and oxygen atoms in total. The number of carbonyl (C=O) groups excluding carboxylic acids is 1. The maximum Gasteiger partial charge on any atom is 0.406 e. The molecule has 0 bridgehead atoms. The largest absolute Gasteiger partial charge is 0.496 e. The van der Waals surface area contributed by atoms with Crippen molar-refractivity contribution in [1.82, 2.24) is 14.3 Å². The Balaban J connectivity index is 1.40. The highest BCUT2D eigenvalue weighted by Gasteiger charge is 2.37. The van der Waals surface area contributed by atoms with Crippen LogP contribution in [0.2, 0.25) is 0 Å². The van der Waals surface area contributed by atoms with E-state index in [0.717, 1.165) is 16.2 Å². The molecular formula is C24H24F3N3O5. The van der Waals surface area contributed by atoms with Crippen molar-refractivity contribution in [3.8, 4) is 22.8 Å². The van der Waals surface area contributed by atoms with E-state index in [1.54, 1.807) is 18.3 Å². The lowest BCUT2D eigenvalue weighted by Crippen LogP contribution is -2.43. The van der Waals surface area contributed by atoms with Crippen molar-refractivity contribution in [2.24, 2.45) is 0 Å². The van der Waals surface area contributed by atoms with Crippen LogP contribution in [0.15, 0.2) is 36.7 Å². The molecule has 0 unspecified atom stereocenters. The summed E-state index contributed by atoms with van der Waals surface area (Å²) >= 11 is 0. The van der Waals surface area contributed by atoms with Crippen molar-refractivity contribution in [1.29, 1.82) is 0 Å². The predicted octanol–water partition coefficient (Wildman–Crippen LogP) is 3.36. The van der Waals surface area contributed by atoms with Crippen LogP contribution in [0, 0.1) is 0 Å². The number of fused-ring (bicyclic) bond motifs is 2. The molecule has 2 aliphatic rings. The Labute approximate surface area is 199 Å². The Morgan fingerprint density at radius 1 is 1.23 bits per heavy atom. The minimum absolute atomic E-state index is 0.0124. The number of rotatable bonds is 6. The van der Waals surface area contributed by atoms with Gasteiger partial charge in [0.2, 0.25) is 0 Å². The lowest BCUT2D eigenvalue weighted by atomic mass is 9.94. The van der Waals surface area contributed by atoms with Gasteiger partial charge in [-0.15, -0.1) is 0 Å². The third kappa shape index (κ3) is 4.92. The van der Waals surface area contributed by atoms with Crippen molar-refractivity contribution in [2.75, 3.05) is 46.6 Å². The van der Waals surface area contributed by atoms with Crippen LogP contribution in [0.3, 0.4) is 0 Å². The molecule has 0 saturated carbocycles. The average molecular weight is 491 g/mol. The first-order valence-corrected chi connectivity index (χ1v) is 11.2. The van der Waals surface area contributed by atoms with E-state index in [9.17, 15) is 18.0 Å². The third-order valence-corrected chi connectivity index (χ3v) is 6.03. The quantitative estimate of drug-likeness (QED) is 0.527. The Hall–Kier alpha value is -3.31. The molecule has 186 valence electrons. The van der Waals surface area contributed by atoms with E-state index in [1.165, 1.54) is 7.11 Å². The van der Waals surface area contributed by atoms with Crippen LogP contribution in [0.5, 0.6) is 11.5 Å². The smallest absolute Gasteiger partial charge is 0.406 e. The van der Waals surface area contributed by atoms with E-state index in [1.807, 2.05) is 22.7 Å². The fourth-order valence-corrected chi connectivity index (χ4v) is 4.39. The number of imidazole rings is 1. The van der Waals surface area contributed by atoms with Gasteiger partial charge in [-0.05, 0) is 30.2 Å². The van der Waals surface area contributed by atoms with Crippen LogP contribution in [-0.2, 0) is 15.9 Å². The van der Waals surface area contributed by atoms with Gasteiger partial charge in [0.1, 0.15) is 36.4 Å². The summed E-state index contributed by atoms with van der Waals surface area (Å²) in [4.78, 5) is 18.1. The number of ether oxygens (including phenoxy) is 4. The molecule has 5 rings (SSSR count). The van der Waals surface area contributed by atoms with Crippen LogP contribution < -0.4 is 9.47 Å². The Morgan fingerprint density at radius 2 is 2.09 bits per heavy atom. The SMILES string of the molecule is COc1cc(-c2cnc3cc(OC[C@@H]4COCCO4)ccn23)cc2c1C(=O)N(CC(F)(F)F)CC2. The molecule has 35 heavy (non-hydrogen) atoms. The molecule has 0 aliphatic carbocycles. The molecule has 1 atom stereocenters. The first-order chi connectivity index (χ1) is 16.8. The van der Waals surface area contributed by atoms with E-state index < -0.39 is 18.6 Å². The number of aromatic nitrogens is 2. The minimum atomic E-state index is -4.46. The number of carbonyl (C=O) groups is 1. The zero-order chi connectivity index (χ0) is 24.6. The number of benzene rings is 1. The van der Waals surface area contributed by atoms with Gasteiger partial charge in [-0.3, -0.25) is 9.20 Å². The molecule has 2 aromatic heterocycles. The number of pyridine rings is 1. The van der Waals surface area contributed by atoms with E-state index in [-0.39, 0.29) is 24.0 Å². The van der Waals surface area contributed by atoms with Crippen LogP contribution in [0.4, 0.5) is 13.2 Å². The maximum atomic E-state index is 12.9. The van der Waals surface area contributed by atoms with Crippen LogP contribution in [0.25, 0.3) is 16.9 Å². The molecule has 0 spiro atoms. The Kier molecular flexibility index (Phi) is 6.28. The first-order valence-electron chi connectivity index (χ1n) is 11.2. The van der Waals surface area contributed by atoms with Crippen molar-refractivity contribution in [2.45, 2.75) is 18.7 Å². The number of amides is 1. The summed E-state index contributed by atoms with van der Waals surface area (Å²) in [6, 6.07) is 7.09. The number of halogens is 3. The number of methoxy groups -OCH3 is 1. The van der Waals surface area contributed by atoms with Crippen molar-refractivity contribution >= 4 is 11.6 Å². The highest BCUT2D eigenvalue weighted by Crippen LogP contribution is 2.35. The fourth-order valence-electron chi connectivity index (χ4n) is 4.39. The van der Waals surface area contributed by atoms with Gasteiger partial charge in [-0.1, -0.05) is 0 Å². The number of hydrogen-bond donors (Lipinski definition) is 0. The zero-order valence-electron chi connectivity index (χ0n) is 19.0. The molecule has 1 aromatic carbocycles. The van der Waals surface area contributed by atoms with E-state index in [0.29, 0.717) is 49.8 Å². The zero-order valence-corrected chi connectivity index (χ0v) is 19.0. The Bertz CT molecular complexity index is 1220. The lowest BCUT2D eigenvalue weighted by molar-refractivity contribution is -0.141. The topological polar surface area (TPSA) is 74.5 Å². The molecular weight excluding hydrogens is 467 g/mol. The summed E-state index contributed by atoms with van der Waals surface area (Å²) in [6.07, 6.45) is -0.764. The van der Waals surface area contributed by atoms with Gasteiger partial charge in [-0.2, -0.15) is 13.2 Å². The van der Waals surface area contributed by atoms with Crippen LogP contribution in [-0.4, -0.2) is 79.1 Å². The maximum absolute atomic E-state index is 12.9. The number of nitrogens with zero attached hydrogens (tertiary/aromatic N) is 3. The van der Waals surface area contributed by atoms with Gasteiger partial charge in [0.15, 0.2) is 0 Å². The highest BCUT2D eigenvalue weighted by atomic mass is 19.4. The molecule has 1 saturated heterocycles. The highest BCUT2D eigenvalue weighted by molar-refractivity contribution is 6.00. The molecule has 3 aromatic rings. The standard InChI is InChI=1S/C24H24F3N3O5/c1-32-20-9-16(8-15-2-4-29(14-24(25,26)27)23(31)22(15)20)19-11-28-21-10-17(3-5-30(19)21)35-13-18-12-33-6-7-34-18/h3,5,8-11,18H,2,4,6-7,12-14H2,1H3/t18-/m0/s1. The number of alkyl halides is 3. The van der Waals surface area contributed by atoms with Crippen molar-refractivity contribution < 1.29 is 36.9 Å². The van der Waals surface area contributed by atoms with Gasteiger partial charge < -0.3 is 23.8 Å². The van der Waals surface area contributed by atoms with Crippen LogP contribution >= 0.6 is 0 Å². The van der Waals surface area contributed by atoms with Gasteiger partial charge in [0.05, 0.1) is 44.4 Å². The molecule has 2 aliphatic heterocycles. The van der Waals surface area contributed by atoms with E-state index in [2.05, 4.69) is 4.98 Å². The van der Waals surface area contributed by atoms with Gasteiger partial charge in [-0.25, -0.2) is 4.98 Å². The molecule has 1 fully saturated rings. The summed E-state index contributed by atoms with van der Waals surface area (Å²) in [7, 11) is 1.40. The van der Waals surface area contributed by atoms with E-state index >= 15 is 0 Å². The van der Waals surface area contributed by atoms with E-state index in [4.69, 9.17) is 18.9 Å². The summed E-state index contributed by atoms with van der Waals surface area (Å²) in [5.74, 6) is 0.195. The summed E-state index contributed by atoms with van der Waals surface area (Å²) in [6.45, 7) is 0.701. The Morgan fingerprint density at radius 3 is 2.83 bits per heavy atom. The molecule has 0 N–H and O–H groups in total. The normalized spacial score (nSPS) is 18.6. The average Bonchev–Trinajstić information content (AvgIpc) is 3.27. The second-order valence-electron chi connectivity index (χ2n) is 8.42. The lowest BCUT2D eigenvalue weighted by Gasteiger charge is -2.30. The molecule has 11 heteroatoms. The minimum Gasteiger partial charge on any atom is -0.496 e.